The highest BCUT2D eigenvalue weighted by molar-refractivity contribution is 9.10. The second kappa shape index (κ2) is 6.94. The van der Waals surface area contributed by atoms with Crippen LogP contribution in [-0.4, -0.2) is 41.9 Å². The highest BCUT2D eigenvalue weighted by Gasteiger charge is 2.30. The third-order valence-electron chi connectivity index (χ3n) is 3.67. The molecule has 1 saturated heterocycles. The smallest absolute Gasteiger partial charge is 0.316 e. The van der Waals surface area contributed by atoms with Gasteiger partial charge in [0.15, 0.2) is 0 Å². The molecule has 0 saturated carbocycles. The van der Waals surface area contributed by atoms with Gasteiger partial charge in [-0.1, -0.05) is 15.9 Å². The van der Waals surface area contributed by atoms with Crippen LogP contribution in [0.25, 0.3) is 0 Å². The van der Waals surface area contributed by atoms with Gasteiger partial charge in [0.25, 0.3) is 0 Å². The lowest BCUT2D eigenvalue weighted by Gasteiger charge is -2.30. The summed E-state index contributed by atoms with van der Waals surface area (Å²) in [5.74, 6) is 0. The maximum absolute atomic E-state index is 12.6. The van der Waals surface area contributed by atoms with E-state index in [-0.39, 0.29) is 6.10 Å². The fraction of sp³-hybridized carbons (Fsp3) is 0.333. The third-order valence-corrected chi connectivity index (χ3v) is 6.11. The first-order valence-electron chi connectivity index (χ1n) is 7.25. The van der Waals surface area contributed by atoms with Gasteiger partial charge < -0.3 is 4.74 Å². The van der Waals surface area contributed by atoms with Gasteiger partial charge in [-0.25, -0.2) is 18.4 Å². The molecule has 2 heterocycles. The fourth-order valence-electron chi connectivity index (χ4n) is 2.44. The van der Waals surface area contributed by atoms with Crippen LogP contribution in [0.3, 0.4) is 0 Å². The summed E-state index contributed by atoms with van der Waals surface area (Å²) in [6.07, 6.45) is 4.42. The molecular weight excluding hydrogens is 382 g/mol. The van der Waals surface area contributed by atoms with Crippen LogP contribution < -0.4 is 4.74 Å². The molecule has 2 aromatic rings. The van der Waals surface area contributed by atoms with E-state index >= 15 is 0 Å². The minimum absolute atomic E-state index is 0.0613. The number of hydrogen-bond acceptors (Lipinski definition) is 5. The lowest BCUT2D eigenvalue weighted by molar-refractivity contribution is 0.124. The lowest BCUT2D eigenvalue weighted by atomic mass is 10.1. The number of ether oxygens (including phenoxy) is 1. The molecular formula is C15H16BrN3O3S. The molecule has 1 aliphatic rings. The van der Waals surface area contributed by atoms with E-state index in [1.807, 2.05) is 0 Å². The number of benzene rings is 1. The lowest BCUT2D eigenvalue weighted by Crippen LogP contribution is -2.41. The zero-order chi connectivity index (χ0) is 16.3. The molecule has 23 heavy (non-hydrogen) atoms. The van der Waals surface area contributed by atoms with E-state index in [0.717, 1.165) is 4.47 Å². The molecule has 0 amide bonds. The van der Waals surface area contributed by atoms with Crippen molar-refractivity contribution in [3.63, 3.8) is 0 Å². The molecule has 0 unspecified atom stereocenters. The van der Waals surface area contributed by atoms with Crippen molar-refractivity contribution in [3.8, 4) is 6.01 Å². The van der Waals surface area contributed by atoms with E-state index < -0.39 is 10.0 Å². The van der Waals surface area contributed by atoms with Gasteiger partial charge >= 0.3 is 6.01 Å². The number of aromatic nitrogens is 2. The standard InChI is InChI=1S/C15H16BrN3O3S/c16-12-2-4-14(5-3-12)23(20,21)19-10-6-13(7-11-19)22-15-17-8-1-9-18-15/h1-5,8-9,13H,6-7,10-11H2. The molecule has 1 aliphatic heterocycles. The Kier molecular flexibility index (Phi) is 4.93. The van der Waals surface area contributed by atoms with Crippen LogP contribution in [0.15, 0.2) is 52.1 Å². The maximum Gasteiger partial charge on any atom is 0.316 e. The van der Waals surface area contributed by atoms with E-state index in [4.69, 9.17) is 4.74 Å². The van der Waals surface area contributed by atoms with Gasteiger partial charge in [0.2, 0.25) is 10.0 Å². The van der Waals surface area contributed by atoms with Crippen molar-refractivity contribution in [2.24, 2.45) is 0 Å². The predicted molar refractivity (Wildman–Crippen MR) is 88.6 cm³/mol. The predicted octanol–water partition coefficient (Wildman–Crippen LogP) is 2.47. The van der Waals surface area contributed by atoms with E-state index in [1.165, 1.54) is 4.31 Å². The summed E-state index contributed by atoms with van der Waals surface area (Å²) in [5.41, 5.74) is 0. The molecule has 0 spiro atoms. The molecule has 0 radical (unpaired) electrons. The van der Waals surface area contributed by atoms with Crippen molar-refractivity contribution < 1.29 is 13.2 Å². The molecule has 1 fully saturated rings. The van der Waals surface area contributed by atoms with Gasteiger partial charge in [-0.05, 0) is 43.2 Å². The molecule has 0 aliphatic carbocycles. The quantitative estimate of drug-likeness (QED) is 0.791. The van der Waals surface area contributed by atoms with Gasteiger partial charge in [-0.2, -0.15) is 4.31 Å². The summed E-state index contributed by atoms with van der Waals surface area (Å²) >= 11 is 3.31. The van der Waals surface area contributed by atoms with Gasteiger partial charge in [0.05, 0.1) is 4.90 Å². The minimum Gasteiger partial charge on any atom is -0.460 e. The van der Waals surface area contributed by atoms with Gasteiger partial charge in [0, 0.05) is 30.0 Å². The molecule has 0 N–H and O–H groups in total. The Morgan fingerprint density at radius 1 is 1.09 bits per heavy atom. The molecule has 122 valence electrons. The zero-order valence-corrected chi connectivity index (χ0v) is 14.7. The minimum atomic E-state index is -3.45. The average Bonchev–Trinajstić information content (AvgIpc) is 2.57. The van der Waals surface area contributed by atoms with Gasteiger partial charge in [-0.15, -0.1) is 0 Å². The van der Waals surface area contributed by atoms with Crippen molar-refractivity contribution in [1.29, 1.82) is 0 Å². The summed E-state index contributed by atoms with van der Waals surface area (Å²) in [4.78, 5) is 8.37. The largest absolute Gasteiger partial charge is 0.460 e. The zero-order valence-electron chi connectivity index (χ0n) is 12.3. The van der Waals surface area contributed by atoms with Crippen LogP contribution in [0.5, 0.6) is 6.01 Å². The molecule has 6 nitrogen and oxygen atoms in total. The maximum atomic E-state index is 12.6. The van der Waals surface area contributed by atoms with E-state index in [0.29, 0.717) is 36.8 Å². The number of rotatable bonds is 4. The number of nitrogens with zero attached hydrogens (tertiary/aromatic N) is 3. The molecule has 1 aromatic carbocycles. The Morgan fingerprint density at radius 3 is 2.30 bits per heavy atom. The SMILES string of the molecule is O=S(=O)(c1ccc(Br)cc1)N1CCC(Oc2ncccn2)CC1. The third kappa shape index (κ3) is 3.88. The fourth-order valence-corrected chi connectivity index (χ4v) is 4.18. The second-order valence-corrected chi connectivity index (χ2v) is 8.06. The number of sulfonamides is 1. The van der Waals surface area contributed by atoms with Gasteiger partial charge in [-0.3, -0.25) is 0 Å². The van der Waals surface area contributed by atoms with Crippen LogP contribution in [0.4, 0.5) is 0 Å². The first kappa shape index (κ1) is 16.4. The first-order valence-corrected chi connectivity index (χ1v) is 9.48. The summed E-state index contributed by atoms with van der Waals surface area (Å²) in [7, 11) is -3.45. The highest BCUT2D eigenvalue weighted by Crippen LogP contribution is 2.23. The topological polar surface area (TPSA) is 72.4 Å². The Labute approximate surface area is 143 Å². The molecule has 8 heteroatoms. The van der Waals surface area contributed by atoms with Crippen LogP contribution in [-0.2, 0) is 10.0 Å². The number of piperidine rings is 1. The Morgan fingerprint density at radius 2 is 1.70 bits per heavy atom. The summed E-state index contributed by atoms with van der Waals surface area (Å²) in [6, 6.07) is 8.74. The monoisotopic (exact) mass is 397 g/mol. The van der Waals surface area contributed by atoms with Crippen molar-refractivity contribution in [3.05, 3.63) is 47.2 Å². The second-order valence-electron chi connectivity index (χ2n) is 5.21. The Balaban J connectivity index is 1.63. The average molecular weight is 398 g/mol. The van der Waals surface area contributed by atoms with E-state index in [2.05, 4.69) is 25.9 Å². The number of hydrogen-bond donors (Lipinski definition) is 0. The normalized spacial score (nSPS) is 17.1. The molecule has 3 rings (SSSR count). The van der Waals surface area contributed by atoms with E-state index in [9.17, 15) is 8.42 Å². The first-order chi connectivity index (χ1) is 11.1. The van der Waals surface area contributed by atoms with Crippen molar-refractivity contribution >= 4 is 26.0 Å². The van der Waals surface area contributed by atoms with Crippen LogP contribution >= 0.6 is 15.9 Å². The van der Waals surface area contributed by atoms with Crippen molar-refractivity contribution in [2.75, 3.05) is 13.1 Å². The van der Waals surface area contributed by atoms with Crippen molar-refractivity contribution in [2.45, 2.75) is 23.8 Å². The Hall–Kier alpha value is -1.51. The molecule has 0 bridgehead atoms. The summed E-state index contributed by atoms with van der Waals surface area (Å²) in [5, 5.41) is 0. The van der Waals surface area contributed by atoms with Crippen LogP contribution in [0, 0.1) is 0 Å². The van der Waals surface area contributed by atoms with E-state index in [1.54, 1.807) is 42.7 Å². The molecule has 1 aromatic heterocycles. The highest BCUT2D eigenvalue weighted by atomic mass is 79.9. The van der Waals surface area contributed by atoms with Crippen molar-refractivity contribution in [1.82, 2.24) is 14.3 Å². The van der Waals surface area contributed by atoms with Crippen LogP contribution in [0.1, 0.15) is 12.8 Å². The molecule has 0 atom stereocenters. The van der Waals surface area contributed by atoms with Gasteiger partial charge in [0.1, 0.15) is 6.10 Å². The van der Waals surface area contributed by atoms with Crippen LogP contribution in [0.2, 0.25) is 0 Å². The summed E-state index contributed by atoms with van der Waals surface area (Å²) < 4.78 is 33.3. The summed E-state index contributed by atoms with van der Waals surface area (Å²) in [6.45, 7) is 0.853. The Bertz CT molecular complexity index is 745. The number of halogens is 1.